The number of hydrogen-bond donors (Lipinski definition) is 0. The molecule has 1 aliphatic heterocycles. The van der Waals surface area contributed by atoms with Gasteiger partial charge in [-0.1, -0.05) is 19.1 Å². The van der Waals surface area contributed by atoms with Gasteiger partial charge in [-0.3, -0.25) is 14.5 Å². The standard InChI is InChI=1S/C12H13NO2/c1-3-8-6-5-7-9-10(8)12(15)13(4-2)11(9)14/h5-7H,3-4H2,1-2H3. The van der Waals surface area contributed by atoms with Crippen molar-refractivity contribution in [3.05, 3.63) is 34.9 Å². The summed E-state index contributed by atoms with van der Waals surface area (Å²) in [6.45, 7) is 4.24. The van der Waals surface area contributed by atoms with E-state index in [1.807, 2.05) is 26.0 Å². The zero-order valence-corrected chi connectivity index (χ0v) is 8.91. The molecule has 0 N–H and O–H groups in total. The molecule has 1 aliphatic rings. The van der Waals surface area contributed by atoms with Crippen LogP contribution in [0.25, 0.3) is 0 Å². The van der Waals surface area contributed by atoms with Crippen molar-refractivity contribution in [1.29, 1.82) is 0 Å². The number of carbonyl (C=O) groups is 2. The highest BCUT2D eigenvalue weighted by Gasteiger charge is 2.35. The Morgan fingerprint density at radius 3 is 2.47 bits per heavy atom. The molecule has 0 bridgehead atoms. The summed E-state index contributed by atoms with van der Waals surface area (Å²) in [6.07, 6.45) is 0.778. The fourth-order valence-electron chi connectivity index (χ4n) is 1.99. The smallest absolute Gasteiger partial charge is 0.261 e. The lowest BCUT2D eigenvalue weighted by atomic mass is 10.0. The largest absolute Gasteiger partial charge is 0.275 e. The Balaban J connectivity index is 2.62. The summed E-state index contributed by atoms with van der Waals surface area (Å²) in [7, 11) is 0. The number of nitrogens with zero attached hydrogens (tertiary/aromatic N) is 1. The van der Waals surface area contributed by atoms with E-state index in [0.29, 0.717) is 17.7 Å². The van der Waals surface area contributed by atoms with E-state index >= 15 is 0 Å². The molecule has 0 fully saturated rings. The highest BCUT2D eigenvalue weighted by Crippen LogP contribution is 2.25. The summed E-state index contributed by atoms with van der Waals surface area (Å²) < 4.78 is 0. The second-order valence-electron chi connectivity index (χ2n) is 3.55. The molecule has 2 rings (SSSR count). The molecule has 1 heterocycles. The minimum absolute atomic E-state index is 0.144. The van der Waals surface area contributed by atoms with E-state index in [1.54, 1.807) is 6.07 Å². The highest BCUT2D eigenvalue weighted by molar-refractivity contribution is 6.22. The third kappa shape index (κ3) is 1.27. The molecule has 3 nitrogen and oxygen atoms in total. The van der Waals surface area contributed by atoms with Crippen LogP contribution in [0.2, 0.25) is 0 Å². The van der Waals surface area contributed by atoms with Gasteiger partial charge in [0.25, 0.3) is 11.8 Å². The summed E-state index contributed by atoms with van der Waals surface area (Å²) in [5, 5.41) is 0. The lowest BCUT2D eigenvalue weighted by Gasteiger charge is -2.09. The Kier molecular flexibility index (Phi) is 2.31. The topological polar surface area (TPSA) is 37.4 Å². The lowest BCUT2D eigenvalue weighted by Crippen LogP contribution is -2.29. The average molecular weight is 203 g/mol. The van der Waals surface area contributed by atoms with Crippen LogP contribution < -0.4 is 0 Å². The second kappa shape index (κ2) is 3.50. The van der Waals surface area contributed by atoms with Crippen molar-refractivity contribution in [2.75, 3.05) is 6.54 Å². The van der Waals surface area contributed by atoms with Crippen LogP contribution in [0, 0.1) is 0 Å². The number of benzene rings is 1. The third-order valence-electron chi connectivity index (χ3n) is 2.78. The SMILES string of the molecule is CCc1cccc2c1C(=O)N(CC)C2=O. The van der Waals surface area contributed by atoms with Crippen molar-refractivity contribution >= 4 is 11.8 Å². The van der Waals surface area contributed by atoms with Gasteiger partial charge in [0, 0.05) is 6.54 Å². The lowest BCUT2D eigenvalue weighted by molar-refractivity contribution is 0.0662. The van der Waals surface area contributed by atoms with Gasteiger partial charge < -0.3 is 0 Å². The van der Waals surface area contributed by atoms with Crippen molar-refractivity contribution in [1.82, 2.24) is 4.90 Å². The molecule has 0 radical (unpaired) electrons. The minimum atomic E-state index is -0.159. The van der Waals surface area contributed by atoms with Crippen molar-refractivity contribution < 1.29 is 9.59 Å². The third-order valence-corrected chi connectivity index (χ3v) is 2.78. The number of carbonyl (C=O) groups excluding carboxylic acids is 2. The molecule has 78 valence electrons. The Labute approximate surface area is 88.7 Å². The Bertz CT molecular complexity index is 437. The average Bonchev–Trinajstić information content (AvgIpc) is 2.51. The molecular weight excluding hydrogens is 190 g/mol. The molecule has 0 saturated heterocycles. The van der Waals surface area contributed by atoms with Crippen LogP contribution in [0.5, 0.6) is 0 Å². The van der Waals surface area contributed by atoms with E-state index in [1.165, 1.54) is 4.90 Å². The molecule has 0 saturated carbocycles. The second-order valence-corrected chi connectivity index (χ2v) is 3.55. The van der Waals surface area contributed by atoms with Gasteiger partial charge in [-0.25, -0.2) is 0 Å². The molecule has 2 amide bonds. The molecule has 3 heteroatoms. The van der Waals surface area contributed by atoms with Crippen molar-refractivity contribution in [2.45, 2.75) is 20.3 Å². The van der Waals surface area contributed by atoms with Crippen molar-refractivity contribution in [2.24, 2.45) is 0 Å². The maximum Gasteiger partial charge on any atom is 0.261 e. The van der Waals surface area contributed by atoms with Crippen LogP contribution in [-0.2, 0) is 6.42 Å². The van der Waals surface area contributed by atoms with E-state index < -0.39 is 0 Å². The van der Waals surface area contributed by atoms with Crippen LogP contribution in [-0.4, -0.2) is 23.3 Å². The van der Waals surface area contributed by atoms with Gasteiger partial charge in [-0.05, 0) is 25.0 Å². The van der Waals surface area contributed by atoms with Gasteiger partial charge in [0.1, 0.15) is 0 Å². The molecular formula is C12H13NO2. The van der Waals surface area contributed by atoms with Crippen LogP contribution in [0.15, 0.2) is 18.2 Å². The van der Waals surface area contributed by atoms with E-state index in [-0.39, 0.29) is 11.8 Å². The van der Waals surface area contributed by atoms with E-state index in [2.05, 4.69) is 0 Å². The first-order valence-corrected chi connectivity index (χ1v) is 5.18. The Morgan fingerprint density at radius 1 is 1.13 bits per heavy atom. The Hall–Kier alpha value is -1.64. The molecule has 15 heavy (non-hydrogen) atoms. The highest BCUT2D eigenvalue weighted by atomic mass is 16.2. The number of hydrogen-bond acceptors (Lipinski definition) is 2. The normalized spacial score (nSPS) is 14.7. The summed E-state index contributed by atoms with van der Waals surface area (Å²) in [5.41, 5.74) is 2.12. The molecule has 0 unspecified atom stereocenters. The number of rotatable bonds is 2. The first kappa shape index (κ1) is 9.90. The first-order valence-electron chi connectivity index (χ1n) is 5.18. The fourth-order valence-corrected chi connectivity index (χ4v) is 1.99. The number of imide groups is 1. The zero-order valence-electron chi connectivity index (χ0n) is 8.91. The summed E-state index contributed by atoms with van der Waals surface area (Å²) in [6, 6.07) is 5.47. The predicted molar refractivity (Wildman–Crippen MR) is 56.9 cm³/mol. The monoisotopic (exact) mass is 203 g/mol. The molecule has 1 aromatic carbocycles. The van der Waals surface area contributed by atoms with Crippen LogP contribution in [0.4, 0.5) is 0 Å². The fraction of sp³-hybridized carbons (Fsp3) is 0.333. The van der Waals surface area contributed by atoms with Crippen LogP contribution >= 0.6 is 0 Å². The summed E-state index contributed by atoms with van der Waals surface area (Å²) in [5.74, 6) is -0.303. The minimum Gasteiger partial charge on any atom is -0.275 e. The first-order chi connectivity index (χ1) is 7.20. The van der Waals surface area contributed by atoms with Crippen LogP contribution in [0.3, 0.4) is 0 Å². The maximum absolute atomic E-state index is 11.9. The van der Waals surface area contributed by atoms with E-state index in [4.69, 9.17) is 0 Å². The predicted octanol–water partition coefficient (Wildman–Crippen LogP) is 1.86. The van der Waals surface area contributed by atoms with Crippen LogP contribution in [0.1, 0.15) is 40.1 Å². The van der Waals surface area contributed by atoms with Crippen molar-refractivity contribution in [3.63, 3.8) is 0 Å². The molecule has 0 atom stereocenters. The quantitative estimate of drug-likeness (QED) is 0.688. The van der Waals surface area contributed by atoms with Gasteiger partial charge >= 0.3 is 0 Å². The molecule has 0 spiro atoms. The molecule has 1 aromatic rings. The summed E-state index contributed by atoms with van der Waals surface area (Å²) in [4.78, 5) is 25.0. The zero-order chi connectivity index (χ0) is 11.0. The number of amides is 2. The summed E-state index contributed by atoms with van der Waals surface area (Å²) >= 11 is 0. The molecule has 0 aromatic heterocycles. The van der Waals surface area contributed by atoms with E-state index in [0.717, 1.165) is 12.0 Å². The number of fused-ring (bicyclic) bond motifs is 1. The Morgan fingerprint density at radius 2 is 1.87 bits per heavy atom. The molecule has 0 aliphatic carbocycles. The van der Waals surface area contributed by atoms with Crippen molar-refractivity contribution in [3.8, 4) is 0 Å². The van der Waals surface area contributed by atoms with Gasteiger partial charge in [-0.15, -0.1) is 0 Å². The van der Waals surface area contributed by atoms with Gasteiger partial charge in [0.2, 0.25) is 0 Å². The van der Waals surface area contributed by atoms with E-state index in [9.17, 15) is 9.59 Å². The number of aryl methyl sites for hydroxylation is 1. The van der Waals surface area contributed by atoms with Gasteiger partial charge in [0.15, 0.2) is 0 Å². The maximum atomic E-state index is 11.9. The van der Waals surface area contributed by atoms with Gasteiger partial charge in [-0.2, -0.15) is 0 Å². The van der Waals surface area contributed by atoms with Gasteiger partial charge in [0.05, 0.1) is 11.1 Å².